The molecular weight excluding hydrogens is 160 g/mol. The standard InChI is InChI=1S/C9H12N2.C2H6/c1-11-7-9-4-2-8(6-10)3-5-9;1-2/h2-4,9,11H,5,7H2,1H3;1-2H3. The summed E-state index contributed by atoms with van der Waals surface area (Å²) in [7, 11) is 1.94. The summed E-state index contributed by atoms with van der Waals surface area (Å²) in [5, 5.41) is 11.6. The first-order chi connectivity index (χ1) is 6.36. The summed E-state index contributed by atoms with van der Waals surface area (Å²) in [5.74, 6) is 0.567. The van der Waals surface area contributed by atoms with Gasteiger partial charge in [-0.15, -0.1) is 0 Å². The van der Waals surface area contributed by atoms with E-state index in [1.54, 1.807) is 0 Å². The maximum Gasteiger partial charge on any atom is 0.0988 e. The van der Waals surface area contributed by atoms with E-state index in [0.717, 1.165) is 18.5 Å². The number of nitrogens with one attached hydrogen (secondary N) is 1. The van der Waals surface area contributed by atoms with Gasteiger partial charge in [0, 0.05) is 12.1 Å². The fourth-order valence-corrected chi connectivity index (χ4v) is 1.16. The Morgan fingerprint density at radius 3 is 2.69 bits per heavy atom. The molecule has 72 valence electrons. The molecule has 0 fully saturated rings. The SMILES string of the molecule is CC.CNCC1C=CC(C#N)=CC1. The molecule has 0 aromatic carbocycles. The molecule has 1 atom stereocenters. The van der Waals surface area contributed by atoms with Crippen molar-refractivity contribution < 1.29 is 0 Å². The minimum absolute atomic E-state index is 0.567. The van der Waals surface area contributed by atoms with Crippen LogP contribution in [0.5, 0.6) is 0 Å². The van der Waals surface area contributed by atoms with E-state index in [4.69, 9.17) is 5.26 Å². The van der Waals surface area contributed by atoms with Gasteiger partial charge in [-0.05, 0) is 25.5 Å². The molecule has 1 rings (SSSR count). The number of hydrogen-bond donors (Lipinski definition) is 1. The molecule has 1 aliphatic carbocycles. The largest absolute Gasteiger partial charge is 0.319 e. The van der Waals surface area contributed by atoms with Crippen molar-refractivity contribution in [1.82, 2.24) is 5.32 Å². The second-order valence-corrected chi connectivity index (χ2v) is 2.68. The van der Waals surface area contributed by atoms with Crippen LogP contribution in [0.2, 0.25) is 0 Å². The van der Waals surface area contributed by atoms with Crippen LogP contribution in [0, 0.1) is 17.2 Å². The van der Waals surface area contributed by atoms with Crippen LogP contribution in [0.15, 0.2) is 23.8 Å². The predicted octanol–water partition coefficient (Wildman–Crippen LogP) is 2.26. The van der Waals surface area contributed by atoms with Crippen LogP contribution in [0.3, 0.4) is 0 Å². The average molecular weight is 178 g/mol. The Morgan fingerprint density at radius 2 is 2.31 bits per heavy atom. The zero-order valence-electron chi connectivity index (χ0n) is 8.67. The van der Waals surface area contributed by atoms with E-state index < -0.39 is 0 Å². The van der Waals surface area contributed by atoms with E-state index in [9.17, 15) is 0 Å². The second-order valence-electron chi connectivity index (χ2n) is 2.68. The lowest BCUT2D eigenvalue weighted by Crippen LogP contribution is -2.17. The summed E-state index contributed by atoms with van der Waals surface area (Å²) in [5.41, 5.74) is 0.789. The summed E-state index contributed by atoms with van der Waals surface area (Å²) < 4.78 is 0. The third-order valence-electron chi connectivity index (χ3n) is 1.78. The molecule has 0 aliphatic heterocycles. The smallest absolute Gasteiger partial charge is 0.0988 e. The lowest BCUT2D eigenvalue weighted by atomic mass is 9.97. The first kappa shape index (κ1) is 11.9. The molecule has 0 radical (unpaired) electrons. The molecule has 1 aliphatic rings. The third kappa shape index (κ3) is 4.49. The summed E-state index contributed by atoms with van der Waals surface area (Å²) in [6.45, 7) is 4.99. The Kier molecular flexibility index (Phi) is 6.95. The van der Waals surface area contributed by atoms with Crippen molar-refractivity contribution in [1.29, 1.82) is 5.26 Å². The van der Waals surface area contributed by atoms with Gasteiger partial charge in [0.2, 0.25) is 0 Å². The quantitative estimate of drug-likeness (QED) is 0.704. The summed E-state index contributed by atoms with van der Waals surface area (Å²) in [4.78, 5) is 0. The summed E-state index contributed by atoms with van der Waals surface area (Å²) in [6.07, 6.45) is 6.96. The van der Waals surface area contributed by atoms with Gasteiger partial charge in [-0.25, -0.2) is 0 Å². The highest BCUT2D eigenvalue weighted by Crippen LogP contribution is 2.14. The van der Waals surface area contributed by atoms with Crippen molar-refractivity contribution in [3.8, 4) is 6.07 Å². The van der Waals surface area contributed by atoms with E-state index >= 15 is 0 Å². The van der Waals surface area contributed by atoms with Crippen molar-refractivity contribution in [2.45, 2.75) is 20.3 Å². The minimum atomic E-state index is 0.567. The molecule has 0 aromatic heterocycles. The fourth-order valence-electron chi connectivity index (χ4n) is 1.16. The zero-order valence-corrected chi connectivity index (χ0v) is 8.67. The van der Waals surface area contributed by atoms with Crippen LogP contribution in [-0.2, 0) is 0 Å². The molecule has 13 heavy (non-hydrogen) atoms. The van der Waals surface area contributed by atoms with Gasteiger partial charge in [-0.3, -0.25) is 0 Å². The van der Waals surface area contributed by atoms with Crippen LogP contribution in [0.4, 0.5) is 0 Å². The second kappa shape index (κ2) is 7.57. The van der Waals surface area contributed by atoms with Gasteiger partial charge in [0.15, 0.2) is 0 Å². The van der Waals surface area contributed by atoms with Crippen molar-refractivity contribution in [2.24, 2.45) is 5.92 Å². The molecule has 1 N–H and O–H groups in total. The molecule has 0 bridgehead atoms. The van der Waals surface area contributed by atoms with Gasteiger partial charge in [-0.1, -0.05) is 26.0 Å². The molecule has 0 saturated heterocycles. The highest BCUT2D eigenvalue weighted by atomic mass is 14.8. The Hall–Kier alpha value is -1.07. The van der Waals surface area contributed by atoms with Gasteiger partial charge in [0.25, 0.3) is 0 Å². The van der Waals surface area contributed by atoms with Gasteiger partial charge in [-0.2, -0.15) is 5.26 Å². The molecule has 0 spiro atoms. The van der Waals surface area contributed by atoms with E-state index in [1.165, 1.54) is 0 Å². The van der Waals surface area contributed by atoms with Crippen LogP contribution in [0.25, 0.3) is 0 Å². The lowest BCUT2D eigenvalue weighted by molar-refractivity contribution is 0.600. The van der Waals surface area contributed by atoms with Crippen LogP contribution in [0.1, 0.15) is 20.3 Å². The van der Waals surface area contributed by atoms with E-state index in [-0.39, 0.29) is 0 Å². The third-order valence-corrected chi connectivity index (χ3v) is 1.78. The molecule has 1 unspecified atom stereocenters. The van der Waals surface area contributed by atoms with Gasteiger partial charge in [0.1, 0.15) is 0 Å². The number of nitrogens with zero attached hydrogens (tertiary/aromatic N) is 1. The molecular formula is C11H18N2. The molecule has 0 saturated carbocycles. The Balaban J connectivity index is 0.000000671. The van der Waals surface area contributed by atoms with Crippen molar-refractivity contribution >= 4 is 0 Å². The predicted molar refractivity (Wildman–Crippen MR) is 56.2 cm³/mol. The number of rotatable bonds is 2. The molecule has 0 amide bonds. The molecule has 0 heterocycles. The monoisotopic (exact) mass is 178 g/mol. The number of allylic oxidation sites excluding steroid dienone is 3. The summed E-state index contributed by atoms with van der Waals surface area (Å²) >= 11 is 0. The van der Waals surface area contributed by atoms with Crippen LogP contribution < -0.4 is 5.32 Å². The molecule has 2 heteroatoms. The number of nitriles is 1. The Bertz CT molecular complexity index is 221. The maximum absolute atomic E-state index is 8.52. The highest BCUT2D eigenvalue weighted by molar-refractivity contribution is 5.35. The van der Waals surface area contributed by atoms with Crippen LogP contribution in [-0.4, -0.2) is 13.6 Å². The van der Waals surface area contributed by atoms with Crippen molar-refractivity contribution in [3.63, 3.8) is 0 Å². The lowest BCUT2D eigenvalue weighted by Gasteiger charge is -2.12. The van der Waals surface area contributed by atoms with Crippen molar-refractivity contribution in [3.05, 3.63) is 23.8 Å². The fraction of sp³-hybridized carbons (Fsp3) is 0.545. The highest BCUT2D eigenvalue weighted by Gasteiger charge is 2.06. The maximum atomic E-state index is 8.52. The van der Waals surface area contributed by atoms with Crippen LogP contribution >= 0.6 is 0 Å². The first-order valence-corrected chi connectivity index (χ1v) is 4.80. The van der Waals surface area contributed by atoms with E-state index in [1.807, 2.05) is 33.0 Å². The van der Waals surface area contributed by atoms with Gasteiger partial charge < -0.3 is 5.32 Å². The van der Waals surface area contributed by atoms with Gasteiger partial charge >= 0.3 is 0 Å². The number of hydrogen-bond acceptors (Lipinski definition) is 2. The zero-order chi connectivity index (χ0) is 10.1. The topological polar surface area (TPSA) is 35.8 Å². The van der Waals surface area contributed by atoms with Gasteiger partial charge in [0.05, 0.1) is 6.07 Å². The molecule has 2 nitrogen and oxygen atoms in total. The Morgan fingerprint density at radius 1 is 1.62 bits per heavy atom. The van der Waals surface area contributed by atoms with E-state index in [2.05, 4.69) is 17.5 Å². The molecule has 0 aromatic rings. The minimum Gasteiger partial charge on any atom is -0.319 e. The summed E-state index contributed by atoms with van der Waals surface area (Å²) in [6, 6.07) is 2.12. The first-order valence-electron chi connectivity index (χ1n) is 4.80. The average Bonchev–Trinajstić information content (AvgIpc) is 2.23. The Labute approximate surface area is 81.0 Å². The van der Waals surface area contributed by atoms with Crippen molar-refractivity contribution in [2.75, 3.05) is 13.6 Å². The van der Waals surface area contributed by atoms with E-state index in [0.29, 0.717) is 5.92 Å². The normalized spacial score (nSPS) is 19.5.